The summed E-state index contributed by atoms with van der Waals surface area (Å²) in [5, 5.41) is 3.96. The van der Waals surface area contributed by atoms with Gasteiger partial charge >= 0.3 is 0 Å². The fraction of sp³-hybridized carbons (Fsp3) is 0.0588. The lowest BCUT2D eigenvalue weighted by molar-refractivity contribution is -0.115. The number of rotatable bonds is 3. The molecule has 0 saturated carbocycles. The molecule has 2 aromatic rings. The normalized spacial score (nSPS) is 17.6. The molecular weight excluding hydrogens is 332 g/mol. The molecule has 0 radical (unpaired) electrons. The number of benzene rings is 2. The zero-order valence-corrected chi connectivity index (χ0v) is 13.8. The Hall–Kier alpha value is -2.24. The summed E-state index contributed by atoms with van der Waals surface area (Å²) >= 11 is 7.15. The second-order valence-corrected chi connectivity index (χ2v) is 6.20. The summed E-state index contributed by atoms with van der Waals surface area (Å²) in [6, 6.07) is 14.6. The van der Waals surface area contributed by atoms with Gasteiger partial charge in [0, 0.05) is 5.02 Å². The smallest absolute Gasteiger partial charge is 0.264 e. The molecule has 1 aliphatic heterocycles. The largest absolute Gasteiger partial charge is 0.497 e. The number of nitrogens with zero attached hydrogens (tertiary/aromatic N) is 1. The highest BCUT2D eigenvalue weighted by atomic mass is 35.5. The standard InChI is InChI=1S/C17H13ClN2O2S/c1-22-14-8-2-11(3-9-14)10-15-16(21)20-17(23-15)19-13-6-4-12(18)5-7-13/h2-10H,1H3,(H,19,20,21)/b15-10+. The van der Waals surface area contributed by atoms with Crippen molar-refractivity contribution in [2.75, 3.05) is 7.11 Å². The van der Waals surface area contributed by atoms with Crippen LogP contribution in [-0.2, 0) is 4.79 Å². The molecule has 0 aromatic heterocycles. The van der Waals surface area contributed by atoms with Crippen molar-refractivity contribution in [3.05, 3.63) is 64.0 Å². The molecule has 6 heteroatoms. The molecule has 1 heterocycles. The first-order valence-corrected chi connectivity index (χ1v) is 8.03. The van der Waals surface area contributed by atoms with E-state index in [1.54, 1.807) is 31.4 Å². The van der Waals surface area contributed by atoms with Gasteiger partial charge < -0.3 is 10.1 Å². The minimum absolute atomic E-state index is 0.154. The Morgan fingerprint density at radius 3 is 2.48 bits per heavy atom. The lowest BCUT2D eigenvalue weighted by Gasteiger charge is -1.99. The Kier molecular flexibility index (Phi) is 4.69. The van der Waals surface area contributed by atoms with Gasteiger partial charge in [0.15, 0.2) is 5.17 Å². The maximum absolute atomic E-state index is 12.0. The van der Waals surface area contributed by atoms with Gasteiger partial charge in [-0.15, -0.1) is 0 Å². The van der Waals surface area contributed by atoms with Crippen LogP contribution in [0.15, 0.2) is 58.4 Å². The van der Waals surface area contributed by atoms with E-state index in [9.17, 15) is 4.79 Å². The van der Waals surface area contributed by atoms with Crippen molar-refractivity contribution in [1.82, 2.24) is 5.32 Å². The van der Waals surface area contributed by atoms with E-state index in [1.165, 1.54) is 11.8 Å². The minimum Gasteiger partial charge on any atom is -0.497 e. The predicted octanol–water partition coefficient (Wildman–Crippen LogP) is 4.24. The van der Waals surface area contributed by atoms with Gasteiger partial charge in [-0.3, -0.25) is 4.79 Å². The summed E-state index contributed by atoms with van der Waals surface area (Å²) in [5.74, 6) is 0.624. The summed E-state index contributed by atoms with van der Waals surface area (Å²) in [6.07, 6.45) is 1.82. The lowest BCUT2D eigenvalue weighted by Crippen LogP contribution is -2.19. The van der Waals surface area contributed by atoms with Crippen LogP contribution in [0.5, 0.6) is 5.75 Å². The average Bonchev–Trinajstić information content (AvgIpc) is 2.90. The summed E-state index contributed by atoms with van der Waals surface area (Å²) in [4.78, 5) is 17.0. The first-order valence-electron chi connectivity index (χ1n) is 6.83. The number of nitrogens with one attached hydrogen (secondary N) is 1. The maximum atomic E-state index is 12.0. The second kappa shape index (κ2) is 6.89. The zero-order valence-electron chi connectivity index (χ0n) is 12.2. The third kappa shape index (κ3) is 3.94. The molecule has 0 bridgehead atoms. The predicted molar refractivity (Wildman–Crippen MR) is 95.3 cm³/mol. The van der Waals surface area contributed by atoms with E-state index in [2.05, 4.69) is 10.3 Å². The van der Waals surface area contributed by atoms with Crippen LogP contribution in [0.1, 0.15) is 5.56 Å². The molecule has 4 nitrogen and oxygen atoms in total. The number of hydrogen-bond acceptors (Lipinski definition) is 4. The number of carbonyl (C=O) groups excluding carboxylic acids is 1. The minimum atomic E-state index is -0.154. The van der Waals surface area contributed by atoms with E-state index >= 15 is 0 Å². The van der Waals surface area contributed by atoms with E-state index in [0.717, 1.165) is 17.0 Å². The third-order valence-electron chi connectivity index (χ3n) is 3.12. The fourth-order valence-corrected chi connectivity index (χ4v) is 2.93. The molecule has 2 aromatic carbocycles. The second-order valence-electron chi connectivity index (χ2n) is 4.73. The molecule has 0 unspecified atom stereocenters. The van der Waals surface area contributed by atoms with Crippen molar-refractivity contribution in [3.63, 3.8) is 0 Å². The Morgan fingerprint density at radius 1 is 1.13 bits per heavy atom. The molecule has 0 aliphatic carbocycles. The molecule has 0 spiro atoms. The average molecular weight is 345 g/mol. The van der Waals surface area contributed by atoms with Crippen LogP contribution >= 0.6 is 23.4 Å². The molecule has 1 fully saturated rings. The highest BCUT2D eigenvalue weighted by molar-refractivity contribution is 8.18. The van der Waals surface area contributed by atoms with Crippen LogP contribution in [0.2, 0.25) is 5.02 Å². The zero-order chi connectivity index (χ0) is 16.2. The summed E-state index contributed by atoms with van der Waals surface area (Å²) in [6.45, 7) is 0. The quantitative estimate of drug-likeness (QED) is 0.847. The van der Waals surface area contributed by atoms with Crippen molar-refractivity contribution in [2.24, 2.45) is 4.99 Å². The number of hydrogen-bond donors (Lipinski definition) is 1. The Balaban J connectivity index is 1.78. The van der Waals surface area contributed by atoms with Crippen LogP contribution < -0.4 is 10.1 Å². The van der Waals surface area contributed by atoms with E-state index in [-0.39, 0.29) is 5.91 Å². The van der Waals surface area contributed by atoms with Crippen molar-refractivity contribution < 1.29 is 9.53 Å². The van der Waals surface area contributed by atoms with Crippen molar-refractivity contribution in [3.8, 4) is 5.75 Å². The van der Waals surface area contributed by atoms with E-state index in [1.807, 2.05) is 30.3 Å². The van der Waals surface area contributed by atoms with Gasteiger partial charge in [0.2, 0.25) is 0 Å². The van der Waals surface area contributed by atoms with Crippen molar-refractivity contribution >= 4 is 46.2 Å². The molecule has 1 amide bonds. The highest BCUT2D eigenvalue weighted by Gasteiger charge is 2.23. The number of methoxy groups -OCH3 is 1. The van der Waals surface area contributed by atoms with Gasteiger partial charge in [0.25, 0.3) is 5.91 Å². The lowest BCUT2D eigenvalue weighted by atomic mass is 10.2. The molecule has 3 rings (SSSR count). The van der Waals surface area contributed by atoms with Crippen LogP contribution in [-0.4, -0.2) is 18.2 Å². The molecule has 1 saturated heterocycles. The van der Waals surface area contributed by atoms with Gasteiger partial charge in [0.05, 0.1) is 17.7 Å². The third-order valence-corrected chi connectivity index (χ3v) is 4.28. The van der Waals surface area contributed by atoms with Gasteiger partial charge in [-0.05, 0) is 59.8 Å². The molecular formula is C17H13ClN2O2S. The molecule has 1 aliphatic rings. The van der Waals surface area contributed by atoms with Gasteiger partial charge in [-0.2, -0.15) is 0 Å². The Labute approximate surface area is 143 Å². The van der Waals surface area contributed by atoms with Gasteiger partial charge in [0.1, 0.15) is 5.75 Å². The SMILES string of the molecule is COc1ccc(/C=C2/SC(=Nc3ccc(Cl)cc3)NC2=O)cc1. The number of halogens is 1. The summed E-state index contributed by atoms with van der Waals surface area (Å²) in [7, 11) is 1.62. The van der Waals surface area contributed by atoms with Crippen LogP contribution in [0, 0.1) is 0 Å². The van der Waals surface area contributed by atoms with Gasteiger partial charge in [-0.25, -0.2) is 4.99 Å². The first kappa shape index (κ1) is 15.6. The molecule has 116 valence electrons. The first-order chi connectivity index (χ1) is 11.1. The van der Waals surface area contributed by atoms with Crippen LogP contribution in [0.3, 0.4) is 0 Å². The Morgan fingerprint density at radius 2 is 1.83 bits per heavy atom. The Bertz CT molecular complexity index is 783. The van der Waals surface area contributed by atoms with Crippen LogP contribution in [0.4, 0.5) is 5.69 Å². The number of thioether (sulfide) groups is 1. The highest BCUT2D eigenvalue weighted by Crippen LogP contribution is 2.28. The number of amidine groups is 1. The van der Waals surface area contributed by atoms with E-state index in [4.69, 9.17) is 16.3 Å². The monoisotopic (exact) mass is 344 g/mol. The fourth-order valence-electron chi connectivity index (χ4n) is 1.96. The topological polar surface area (TPSA) is 50.7 Å². The summed E-state index contributed by atoms with van der Waals surface area (Å²) < 4.78 is 5.12. The molecule has 1 N–H and O–H groups in total. The van der Waals surface area contributed by atoms with Crippen LogP contribution in [0.25, 0.3) is 6.08 Å². The number of ether oxygens (including phenoxy) is 1. The van der Waals surface area contributed by atoms with Crippen molar-refractivity contribution in [1.29, 1.82) is 0 Å². The number of aliphatic imine (C=N–C) groups is 1. The van der Waals surface area contributed by atoms with Gasteiger partial charge in [-0.1, -0.05) is 23.7 Å². The molecule has 0 atom stereocenters. The molecule has 23 heavy (non-hydrogen) atoms. The van der Waals surface area contributed by atoms with E-state index < -0.39 is 0 Å². The number of carbonyl (C=O) groups is 1. The van der Waals surface area contributed by atoms with E-state index in [0.29, 0.717) is 15.1 Å². The van der Waals surface area contributed by atoms with Crippen molar-refractivity contribution in [2.45, 2.75) is 0 Å². The maximum Gasteiger partial charge on any atom is 0.264 e. The summed E-state index contributed by atoms with van der Waals surface area (Å²) in [5.41, 5.74) is 1.67. The number of amides is 1.